The number of aromatic nitrogens is 1. The van der Waals surface area contributed by atoms with E-state index in [0.29, 0.717) is 6.04 Å². The topological polar surface area (TPSA) is 16.1 Å². The minimum atomic E-state index is 0.180. The van der Waals surface area contributed by atoms with Gasteiger partial charge in [0.15, 0.2) is 0 Å². The molecule has 1 aliphatic rings. The Morgan fingerprint density at radius 1 is 1.26 bits per heavy atom. The van der Waals surface area contributed by atoms with Gasteiger partial charge in [-0.2, -0.15) is 0 Å². The maximum Gasteiger partial charge on any atom is 0.128 e. The first kappa shape index (κ1) is 14.8. The minimum absolute atomic E-state index is 0.180. The van der Waals surface area contributed by atoms with Crippen molar-refractivity contribution in [3.63, 3.8) is 0 Å². The maximum atomic E-state index is 4.71. The van der Waals surface area contributed by atoms with Crippen LogP contribution in [0.15, 0.2) is 18.3 Å². The Bertz CT molecular complexity index is 394. The summed E-state index contributed by atoms with van der Waals surface area (Å²) in [5.74, 6) is 1.14. The fourth-order valence-corrected chi connectivity index (χ4v) is 3.31. The molecule has 1 atom stereocenters. The maximum absolute atomic E-state index is 4.71. The molecule has 1 aromatic rings. The number of halogens is 1. The van der Waals surface area contributed by atoms with E-state index in [0.717, 1.165) is 17.7 Å². The molecule has 2 heterocycles. The first-order chi connectivity index (χ1) is 9.02. The third kappa shape index (κ3) is 3.71. The Morgan fingerprint density at radius 3 is 2.63 bits per heavy atom. The summed E-state index contributed by atoms with van der Waals surface area (Å²) >= 11 is 3.66. The van der Waals surface area contributed by atoms with Gasteiger partial charge in [-0.15, -0.1) is 0 Å². The van der Waals surface area contributed by atoms with E-state index >= 15 is 0 Å². The van der Waals surface area contributed by atoms with E-state index in [-0.39, 0.29) is 5.41 Å². The van der Waals surface area contributed by atoms with Crippen LogP contribution in [0.1, 0.15) is 52.0 Å². The summed E-state index contributed by atoms with van der Waals surface area (Å²) in [7, 11) is 0. The van der Waals surface area contributed by atoms with Gasteiger partial charge < -0.3 is 4.90 Å². The summed E-state index contributed by atoms with van der Waals surface area (Å²) in [5, 5.41) is 1.04. The van der Waals surface area contributed by atoms with E-state index in [1.54, 1.807) is 0 Å². The summed E-state index contributed by atoms with van der Waals surface area (Å²) in [6, 6.07) is 5.02. The summed E-state index contributed by atoms with van der Waals surface area (Å²) in [5.41, 5.74) is 1.49. The fourth-order valence-electron chi connectivity index (χ4n) is 2.64. The molecule has 106 valence electrons. The van der Waals surface area contributed by atoms with Gasteiger partial charge in [-0.05, 0) is 29.9 Å². The lowest BCUT2D eigenvalue weighted by molar-refractivity contribution is 0.585. The zero-order valence-electron chi connectivity index (χ0n) is 12.3. The normalized spacial score (nSPS) is 21.3. The van der Waals surface area contributed by atoms with Gasteiger partial charge >= 0.3 is 0 Å². The third-order valence-corrected chi connectivity index (χ3v) is 4.71. The zero-order chi connectivity index (χ0) is 13.9. The van der Waals surface area contributed by atoms with Crippen LogP contribution in [-0.4, -0.2) is 22.9 Å². The van der Waals surface area contributed by atoms with Crippen molar-refractivity contribution < 1.29 is 0 Å². The first-order valence-electron chi connectivity index (χ1n) is 7.31. The van der Waals surface area contributed by atoms with Crippen molar-refractivity contribution in [2.24, 2.45) is 0 Å². The Labute approximate surface area is 125 Å². The molecule has 1 saturated heterocycles. The zero-order valence-corrected chi connectivity index (χ0v) is 13.9. The number of nitrogens with zero attached hydrogens (tertiary/aromatic N) is 2. The smallest absolute Gasteiger partial charge is 0.128 e. The Hall–Kier alpha value is -0.570. The molecular formula is C16H25BrN2. The average Bonchev–Trinajstić information content (AvgIpc) is 2.62. The van der Waals surface area contributed by atoms with Crippen molar-refractivity contribution in [1.82, 2.24) is 4.98 Å². The molecule has 1 aliphatic heterocycles. The van der Waals surface area contributed by atoms with Gasteiger partial charge in [0, 0.05) is 24.1 Å². The number of alkyl halides is 1. The van der Waals surface area contributed by atoms with Crippen LogP contribution in [0, 0.1) is 0 Å². The third-order valence-electron chi connectivity index (χ3n) is 3.96. The van der Waals surface area contributed by atoms with E-state index in [1.165, 1.54) is 31.2 Å². The largest absolute Gasteiger partial charge is 0.353 e. The van der Waals surface area contributed by atoms with Gasteiger partial charge in [0.1, 0.15) is 5.82 Å². The van der Waals surface area contributed by atoms with E-state index in [2.05, 4.69) is 53.7 Å². The van der Waals surface area contributed by atoms with E-state index in [1.807, 2.05) is 6.20 Å². The SMILES string of the molecule is CC(C)(C)c1ccc(N2CCCCCC2CBr)nc1. The molecular weight excluding hydrogens is 300 g/mol. The van der Waals surface area contributed by atoms with E-state index < -0.39 is 0 Å². The van der Waals surface area contributed by atoms with Crippen LogP contribution in [0.25, 0.3) is 0 Å². The van der Waals surface area contributed by atoms with E-state index in [9.17, 15) is 0 Å². The summed E-state index contributed by atoms with van der Waals surface area (Å²) in [4.78, 5) is 7.19. The number of hydrogen-bond acceptors (Lipinski definition) is 2. The van der Waals surface area contributed by atoms with Crippen LogP contribution in [0.4, 0.5) is 5.82 Å². The molecule has 0 aliphatic carbocycles. The van der Waals surface area contributed by atoms with Crippen LogP contribution in [0.3, 0.4) is 0 Å². The molecule has 2 rings (SSSR count). The lowest BCUT2D eigenvalue weighted by atomic mass is 9.88. The molecule has 0 radical (unpaired) electrons. The Balaban J connectivity index is 2.19. The predicted molar refractivity (Wildman–Crippen MR) is 86.3 cm³/mol. The molecule has 1 unspecified atom stereocenters. The van der Waals surface area contributed by atoms with Crippen molar-refractivity contribution in [3.05, 3.63) is 23.9 Å². The molecule has 0 amide bonds. The molecule has 0 spiro atoms. The van der Waals surface area contributed by atoms with Crippen LogP contribution in [0.5, 0.6) is 0 Å². The lowest BCUT2D eigenvalue weighted by Crippen LogP contribution is -2.36. The predicted octanol–water partition coefficient (Wildman–Crippen LogP) is 4.52. The highest BCUT2D eigenvalue weighted by Crippen LogP contribution is 2.26. The number of pyridine rings is 1. The molecule has 1 fully saturated rings. The van der Waals surface area contributed by atoms with Gasteiger partial charge in [0.05, 0.1) is 0 Å². The van der Waals surface area contributed by atoms with Crippen molar-refractivity contribution in [2.75, 3.05) is 16.8 Å². The van der Waals surface area contributed by atoms with Gasteiger partial charge in [-0.25, -0.2) is 4.98 Å². The standard InChI is InChI=1S/C16H25BrN2/c1-16(2,3)13-8-9-15(18-12-13)19-10-6-4-5-7-14(19)11-17/h8-9,12,14H,4-7,10-11H2,1-3H3. The highest BCUT2D eigenvalue weighted by atomic mass is 79.9. The molecule has 0 N–H and O–H groups in total. The molecule has 3 heteroatoms. The summed E-state index contributed by atoms with van der Waals surface area (Å²) in [6.07, 6.45) is 7.29. The van der Waals surface area contributed by atoms with Gasteiger partial charge in [0.2, 0.25) is 0 Å². The van der Waals surface area contributed by atoms with Gasteiger partial charge in [-0.1, -0.05) is 55.6 Å². The van der Waals surface area contributed by atoms with Crippen LogP contribution < -0.4 is 4.90 Å². The van der Waals surface area contributed by atoms with Crippen molar-refractivity contribution in [3.8, 4) is 0 Å². The van der Waals surface area contributed by atoms with Crippen LogP contribution in [-0.2, 0) is 5.41 Å². The van der Waals surface area contributed by atoms with Crippen molar-refractivity contribution >= 4 is 21.7 Å². The van der Waals surface area contributed by atoms with E-state index in [4.69, 9.17) is 4.98 Å². The monoisotopic (exact) mass is 324 g/mol. The molecule has 0 aromatic carbocycles. The highest BCUT2D eigenvalue weighted by molar-refractivity contribution is 9.09. The second kappa shape index (κ2) is 6.25. The number of hydrogen-bond donors (Lipinski definition) is 0. The highest BCUT2D eigenvalue weighted by Gasteiger charge is 2.22. The lowest BCUT2D eigenvalue weighted by Gasteiger charge is -2.30. The molecule has 0 bridgehead atoms. The molecule has 2 nitrogen and oxygen atoms in total. The Kier molecular flexibility index (Phi) is 4.88. The molecule has 1 aromatic heterocycles. The van der Waals surface area contributed by atoms with Crippen LogP contribution in [0.2, 0.25) is 0 Å². The quantitative estimate of drug-likeness (QED) is 0.743. The summed E-state index contributed by atoms with van der Waals surface area (Å²) < 4.78 is 0. The molecule has 19 heavy (non-hydrogen) atoms. The van der Waals surface area contributed by atoms with Crippen LogP contribution >= 0.6 is 15.9 Å². The van der Waals surface area contributed by atoms with Gasteiger partial charge in [-0.3, -0.25) is 0 Å². The van der Waals surface area contributed by atoms with Crippen molar-refractivity contribution in [1.29, 1.82) is 0 Å². The second-order valence-electron chi connectivity index (χ2n) is 6.51. The first-order valence-corrected chi connectivity index (χ1v) is 8.43. The fraction of sp³-hybridized carbons (Fsp3) is 0.688. The molecule has 0 saturated carbocycles. The Morgan fingerprint density at radius 2 is 2.05 bits per heavy atom. The average molecular weight is 325 g/mol. The van der Waals surface area contributed by atoms with Crippen molar-refractivity contribution in [2.45, 2.75) is 57.9 Å². The number of anilines is 1. The minimum Gasteiger partial charge on any atom is -0.353 e. The van der Waals surface area contributed by atoms with Gasteiger partial charge in [0.25, 0.3) is 0 Å². The summed E-state index contributed by atoms with van der Waals surface area (Å²) in [6.45, 7) is 7.84. The second-order valence-corrected chi connectivity index (χ2v) is 7.15. The number of rotatable bonds is 2.